The fourth-order valence-corrected chi connectivity index (χ4v) is 2.28. The number of carbonyl (C=O) groups is 1. The number of nitrogens with zero attached hydrogens (tertiary/aromatic N) is 1. The van der Waals surface area contributed by atoms with Crippen molar-refractivity contribution in [2.24, 2.45) is 0 Å². The van der Waals surface area contributed by atoms with E-state index in [0.29, 0.717) is 5.39 Å². The fraction of sp³-hybridized carbons (Fsp3) is 0.231. The number of hydrogen-bond donors (Lipinski definition) is 0. The van der Waals surface area contributed by atoms with Crippen molar-refractivity contribution in [3.05, 3.63) is 40.0 Å². The van der Waals surface area contributed by atoms with E-state index in [0.717, 1.165) is 6.07 Å². The van der Waals surface area contributed by atoms with Crippen LogP contribution >= 0.6 is 15.9 Å². The first-order chi connectivity index (χ1) is 9.32. The van der Waals surface area contributed by atoms with Gasteiger partial charge in [0.2, 0.25) is 0 Å². The van der Waals surface area contributed by atoms with Crippen LogP contribution in [-0.2, 0) is 10.9 Å². The molecule has 0 saturated heterocycles. The molecule has 2 rings (SSSR count). The molecule has 0 amide bonds. The average Bonchev–Trinajstić information content (AvgIpc) is 2.36. The van der Waals surface area contributed by atoms with E-state index in [1.54, 1.807) is 6.92 Å². The summed E-state index contributed by atoms with van der Waals surface area (Å²) in [7, 11) is 0. The number of ether oxygens (including phenoxy) is 1. The Hall–Kier alpha value is -1.63. The van der Waals surface area contributed by atoms with E-state index in [1.165, 1.54) is 18.3 Å². The largest absolute Gasteiger partial charge is 0.462 e. The molecule has 0 N–H and O–H groups in total. The summed E-state index contributed by atoms with van der Waals surface area (Å²) in [4.78, 5) is 15.4. The van der Waals surface area contributed by atoms with Crippen LogP contribution in [0.4, 0.5) is 13.2 Å². The number of carbonyl (C=O) groups excluding carboxylic acids is 1. The Morgan fingerprint density at radius 1 is 1.35 bits per heavy atom. The number of alkyl halides is 3. The Labute approximate surface area is 120 Å². The number of pyridine rings is 1. The maximum absolute atomic E-state index is 12.8. The molecule has 7 heteroatoms. The maximum Gasteiger partial charge on any atom is 0.417 e. The molecule has 1 heterocycles. The Kier molecular flexibility index (Phi) is 3.99. The van der Waals surface area contributed by atoms with Crippen LogP contribution in [0.1, 0.15) is 22.8 Å². The van der Waals surface area contributed by atoms with Gasteiger partial charge in [-0.15, -0.1) is 0 Å². The van der Waals surface area contributed by atoms with Crippen LogP contribution in [0.3, 0.4) is 0 Å². The zero-order chi connectivity index (χ0) is 14.9. The van der Waals surface area contributed by atoms with Gasteiger partial charge in [-0.05, 0) is 25.1 Å². The summed E-state index contributed by atoms with van der Waals surface area (Å²) in [5.41, 5.74) is -0.444. The van der Waals surface area contributed by atoms with Crippen LogP contribution in [0.25, 0.3) is 10.9 Å². The van der Waals surface area contributed by atoms with Crippen molar-refractivity contribution in [1.82, 2.24) is 4.98 Å². The Balaban J connectivity index is 2.53. The van der Waals surface area contributed by atoms with E-state index < -0.39 is 17.7 Å². The van der Waals surface area contributed by atoms with Gasteiger partial charge >= 0.3 is 12.1 Å². The van der Waals surface area contributed by atoms with Crippen LogP contribution in [0, 0.1) is 0 Å². The van der Waals surface area contributed by atoms with Crippen molar-refractivity contribution < 1.29 is 22.7 Å². The van der Waals surface area contributed by atoms with Crippen LogP contribution < -0.4 is 0 Å². The van der Waals surface area contributed by atoms with E-state index >= 15 is 0 Å². The van der Waals surface area contributed by atoms with Gasteiger partial charge in [-0.25, -0.2) is 4.79 Å². The van der Waals surface area contributed by atoms with Crippen molar-refractivity contribution in [2.45, 2.75) is 13.1 Å². The van der Waals surface area contributed by atoms with Crippen molar-refractivity contribution in [3.8, 4) is 0 Å². The summed E-state index contributed by atoms with van der Waals surface area (Å²) in [6.45, 7) is 1.88. The lowest BCUT2D eigenvalue weighted by atomic mass is 10.1. The SMILES string of the molecule is CCOC(=O)c1cnc2cc(C(F)(F)F)c(Br)cc2c1. The van der Waals surface area contributed by atoms with Gasteiger partial charge in [0.15, 0.2) is 0 Å². The Bertz CT molecular complexity index is 670. The number of rotatable bonds is 2. The third-order valence-electron chi connectivity index (χ3n) is 2.59. The third-order valence-corrected chi connectivity index (χ3v) is 3.24. The lowest BCUT2D eigenvalue weighted by Gasteiger charge is -2.10. The zero-order valence-corrected chi connectivity index (χ0v) is 11.9. The number of esters is 1. The molecule has 106 valence electrons. The van der Waals surface area contributed by atoms with Crippen LogP contribution in [0.5, 0.6) is 0 Å². The van der Waals surface area contributed by atoms with Gasteiger partial charge in [-0.1, -0.05) is 15.9 Å². The van der Waals surface area contributed by atoms with E-state index in [1.807, 2.05) is 0 Å². The van der Waals surface area contributed by atoms with Gasteiger partial charge in [0.1, 0.15) is 0 Å². The Morgan fingerprint density at radius 2 is 2.05 bits per heavy atom. The molecule has 0 aliphatic rings. The van der Waals surface area contributed by atoms with Crippen molar-refractivity contribution in [1.29, 1.82) is 0 Å². The first-order valence-corrected chi connectivity index (χ1v) is 6.46. The fourth-order valence-electron chi connectivity index (χ4n) is 1.69. The zero-order valence-electron chi connectivity index (χ0n) is 10.3. The number of aromatic nitrogens is 1. The molecule has 0 spiro atoms. The van der Waals surface area contributed by atoms with Crippen molar-refractivity contribution >= 4 is 32.8 Å². The first kappa shape index (κ1) is 14.8. The molecule has 3 nitrogen and oxygen atoms in total. The molecular weight excluding hydrogens is 339 g/mol. The number of fused-ring (bicyclic) bond motifs is 1. The minimum Gasteiger partial charge on any atom is -0.462 e. The molecular formula is C13H9BrF3NO2. The molecule has 0 aliphatic carbocycles. The summed E-state index contributed by atoms with van der Waals surface area (Å²) in [6, 6.07) is 3.67. The lowest BCUT2D eigenvalue weighted by molar-refractivity contribution is -0.138. The second-order valence-corrected chi connectivity index (χ2v) is 4.82. The van der Waals surface area contributed by atoms with Crippen LogP contribution in [0.2, 0.25) is 0 Å². The average molecular weight is 348 g/mol. The minimum atomic E-state index is -4.46. The van der Waals surface area contributed by atoms with Gasteiger partial charge in [0, 0.05) is 16.1 Å². The van der Waals surface area contributed by atoms with E-state index in [9.17, 15) is 18.0 Å². The predicted octanol–water partition coefficient (Wildman–Crippen LogP) is 4.19. The summed E-state index contributed by atoms with van der Waals surface area (Å²) in [6.07, 6.45) is -3.26. The second kappa shape index (κ2) is 5.40. The molecule has 0 aliphatic heterocycles. The lowest BCUT2D eigenvalue weighted by Crippen LogP contribution is -2.07. The highest BCUT2D eigenvalue weighted by molar-refractivity contribution is 9.10. The molecule has 0 bridgehead atoms. The van der Waals surface area contributed by atoms with Crippen molar-refractivity contribution in [3.63, 3.8) is 0 Å². The summed E-state index contributed by atoms with van der Waals surface area (Å²) in [5, 5.41) is 0.426. The number of benzene rings is 1. The highest BCUT2D eigenvalue weighted by atomic mass is 79.9. The van der Waals surface area contributed by atoms with Gasteiger partial charge in [0.25, 0.3) is 0 Å². The normalized spacial score (nSPS) is 11.7. The quantitative estimate of drug-likeness (QED) is 0.764. The highest BCUT2D eigenvalue weighted by Crippen LogP contribution is 2.36. The maximum atomic E-state index is 12.8. The summed E-state index contributed by atoms with van der Waals surface area (Å²) >= 11 is 2.88. The molecule has 0 fully saturated rings. The smallest absolute Gasteiger partial charge is 0.417 e. The van der Waals surface area contributed by atoms with E-state index in [4.69, 9.17) is 4.74 Å². The van der Waals surface area contributed by atoms with E-state index in [2.05, 4.69) is 20.9 Å². The Morgan fingerprint density at radius 3 is 2.65 bits per heavy atom. The molecule has 20 heavy (non-hydrogen) atoms. The molecule has 2 aromatic rings. The molecule has 1 aromatic heterocycles. The van der Waals surface area contributed by atoms with Gasteiger partial charge < -0.3 is 4.74 Å². The van der Waals surface area contributed by atoms with Crippen LogP contribution in [0.15, 0.2) is 28.9 Å². The monoisotopic (exact) mass is 347 g/mol. The van der Waals surface area contributed by atoms with Crippen LogP contribution in [-0.4, -0.2) is 17.6 Å². The van der Waals surface area contributed by atoms with Gasteiger partial charge in [-0.2, -0.15) is 13.2 Å². The molecule has 0 unspecified atom stereocenters. The van der Waals surface area contributed by atoms with E-state index in [-0.39, 0.29) is 22.2 Å². The van der Waals surface area contributed by atoms with Crippen molar-refractivity contribution in [2.75, 3.05) is 6.61 Å². The van der Waals surface area contributed by atoms with Gasteiger partial charge in [-0.3, -0.25) is 4.98 Å². The minimum absolute atomic E-state index is 0.0969. The highest BCUT2D eigenvalue weighted by Gasteiger charge is 2.33. The second-order valence-electron chi connectivity index (χ2n) is 3.97. The first-order valence-electron chi connectivity index (χ1n) is 5.66. The topological polar surface area (TPSA) is 39.2 Å². The number of halogens is 4. The van der Waals surface area contributed by atoms with Gasteiger partial charge in [0.05, 0.1) is 23.3 Å². The predicted molar refractivity (Wildman–Crippen MR) is 70.4 cm³/mol. The third kappa shape index (κ3) is 2.92. The number of hydrogen-bond acceptors (Lipinski definition) is 3. The standard InChI is InChI=1S/C13H9BrF3NO2/c1-2-20-12(19)8-3-7-4-10(14)9(13(15,16)17)5-11(7)18-6-8/h3-6H,2H2,1H3. The molecule has 1 aromatic carbocycles. The summed E-state index contributed by atoms with van der Waals surface area (Å²) < 4.78 is 43.0. The summed E-state index contributed by atoms with van der Waals surface area (Å²) in [5.74, 6) is -0.557. The molecule has 0 radical (unpaired) electrons. The molecule has 0 saturated carbocycles. The molecule has 0 atom stereocenters.